The molecule has 20 heavy (non-hydrogen) atoms. The van der Waals surface area contributed by atoms with Crippen LogP contribution in [0.5, 0.6) is 0 Å². The van der Waals surface area contributed by atoms with Crippen LogP contribution < -0.4 is 28.0 Å². The second-order valence-electron chi connectivity index (χ2n) is 4.68. The Morgan fingerprint density at radius 2 is 2.00 bits per heavy atom. The van der Waals surface area contributed by atoms with Crippen molar-refractivity contribution in [1.82, 2.24) is 9.13 Å². The van der Waals surface area contributed by atoms with Gasteiger partial charge >= 0.3 is 5.69 Å². The van der Waals surface area contributed by atoms with Crippen LogP contribution in [0.15, 0.2) is 9.59 Å². The van der Waals surface area contributed by atoms with Crippen molar-refractivity contribution in [2.75, 3.05) is 11.1 Å². The standard InChI is InChI=1S/C12H21N5O3/c1-4-5-6-17-9(13)8(15-7(2)10(14)18)11(19)16(3)12(17)20/h7,15H,4-6,13H2,1-3H3,(H2,14,18). The average molecular weight is 283 g/mol. The van der Waals surface area contributed by atoms with E-state index in [-0.39, 0.29) is 11.5 Å². The third-order valence-corrected chi connectivity index (χ3v) is 3.11. The van der Waals surface area contributed by atoms with Gasteiger partial charge in [0.05, 0.1) is 0 Å². The van der Waals surface area contributed by atoms with Crippen LogP contribution in [0.25, 0.3) is 0 Å². The van der Waals surface area contributed by atoms with Crippen molar-refractivity contribution in [3.8, 4) is 0 Å². The van der Waals surface area contributed by atoms with E-state index < -0.39 is 23.2 Å². The monoisotopic (exact) mass is 283 g/mol. The van der Waals surface area contributed by atoms with Crippen LogP contribution in [0.1, 0.15) is 26.7 Å². The lowest BCUT2D eigenvalue weighted by atomic mass is 10.3. The predicted molar refractivity (Wildman–Crippen MR) is 77.5 cm³/mol. The van der Waals surface area contributed by atoms with Gasteiger partial charge in [0.2, 0.25) is 5.91 Å². The minimum atomic E-state index is -0.762. The van der Waals surface area contributed by atoms with Gasteiger partial charge in [0, 0.05) is 13.6 Å². The maximum atomic E-state index is 12.0. The molecular weight excluding hydrogens is 262 g/mol. The Morgan fingerprint density at radius 3 is 2.50 bits per heavy atom. The lowest BCUT2D eigenvalue weighted by Gasteiger charge is -2.17. The van der Waals surface area contributed by atoms with Crippen LogP contribution in [0.2, 0.25) is 0 Å². The second kappa shape index (κ2) is 6.27. The molecule has 1 aromatic rings. The first-order valence-corrected chi connectivity index (χ1v) is 6.46. The topological polar surface area (TPSA) is 125 Å². The van der Waals surface area contributed by atoms with Crippen molar-refractivity contribution < 1.29 is 4.79 Å². The zero-order valence-electron chi connectivity index (χ0n) is 12.0. The Kier molecular flexibility index (Phi) is 4.95. The fraction of sp³-hybridized carbons (Fsp3) is 0.583. The summed E-state index contributed by atoms with van der Waals surface area (Å²) in [5.74, 6) is -0.586. The van der Waals surface area contributed by atoms with Crippen LogP contribution in [0, 0.1) is 0 Å². The van der Waals surface area contributed by atoms with Crippen LogP contribution in [0.3, 0.4) is 0 Å². The molecule has 0 fully saturated rings. The number of hydrogen-bond acceptors (Lipinski definition) is 5. The van der Waals surface area contributed by atoms with Gasteiger partial charge in [0.1, 0.15) is 17.5 Å². The molecule has 0 saturated heterocycles. The van der Waals surface area contributed by atoms with E-state index in [1.54, 1.807) is 0 Å². The number of primary amides is 1. The summed E-state index contributed by atoms with van der Waals surface area (Å²) in [6.07, 6.45) is 1.64. The molecule has 1 aromatic heterocycles. The minimum Gasteiger partial charge on any atom is -0.383 e. The minimum absolute atomic E-state index is 0.0227. The molecular formula is C12H21N5O3. The van der Waals surface area contributed by atoms with Gasteiger partial charge in [-0.3, -0.25) is 18.7 Å². The highest BCUT2D eigenvalue weighted by molar-refractivity contribution is 5.83. The zero-order valence-corrected chi connectivity index (χ0v) is 12.0. The first-order valence-electron chi connectivity index (χ1n) is 6.46. The maximum Gasteiger partial charge on any atom is 0.332 e. The molecule has 0 spiro atoms. The molecule has 8 nitrogen and oxygen atoms in total. The molecule has 0 bridgehead atoms. The molecule has 1 atom stereocenters. The summed E-state index contributed by atoms with van der Waals surface area (Å²) < 4.78 is 2.28. The van der Waals surface area contributed by atoms with Crippen LogP contribution in [0.4, 0.5) is 11.5 Å². The van der Waals surface area contributed by atoms with E-state index in [0.29, 0.717) is 6.54 Å². The number of aromatic nitrogens is 2. The Morgan fingerprint density at radius 1 is 1.40 bits per heavy atom. The first kappa shape index (κ1) is 15.8. The quantitative estimate of drug-likeness (QED) is 0.631. The molecule has 0 aliphatic rings. The van der Waals surface area contributed by atoms with Gasteiger partial charge in [0.25, 0.3) is 5.56 Å². The summed E-state index contributed by atoms with van der Waals surface area (Å²) >= 11 is 0. The highest BCUT2D eigenvalue weighted by Gasteiger charge is 2.18. The summed E-state index contributed by atoms with van der Waals surface area (Å²) in [6, 6.07) is -0.762. The number of carbonyl (C=O) groups excluding carboxylic acids is 1. The van der Waals surface area contributed by atoms with Crippen molar-refractivity contribution in [2.45, 2.75) is 39.3 Å². The van der Waals surface area contributed by atoms with Crippen molar-refractivity contribution >= 4 is 17.4 Å². The van der Waals surface area contributed by atoms with Crippen molar-refractivity contribution in [3.05, 3.63) is 20.8 Å². The van der Waals surface area contributed by atoms with E-state index in [0.717, 1.165) is 17.4 Å². The largest absolute Gasteiger partial charge is 0.383 e. The van der Waals surface area contributed by atoms with Crippen molar-refractivity contribution in [1.29, 1.82) is 0 Å². The first-order chi connectivity index (χ1) is 9.31. The molecule has 0 aliphatic heterocycles. The van der Waals surface area contributed by atoms with Crippen LogP contribution in [-0.4, -0.2) is 21.1 Å². The average Bonchev–Trinajstić information content (AvgIpc) is 2.41. The van der Waals surface area contributed by atoms with Crippen LogP contribution in [-0.2, 0) is 18.4 Å². The molecule has 8 heteroatoms. The number of rotatable bonds is 6. The molecule has 0 aromatic carbocycles. The maximum absolute atomic E-state index is 12.0. The summed E-state index contributed by atoms with van der Waals surface area (Å²) in [5, 5.41) is 2.67. The number of nitrogens with one attached hydrogen (secondary N) is 1. The normalized spacial score (nSPS) is 12.2. The smallest absolute Gasteiger partial charge is 0.332 e. The number of hydrogen-bond donors (Lipinski definition) is 3. The fourth-order valence-electron chi connectivity index (χ4n) is 1.74. The highest BCUT2D eigenvalue weighted by Crippen LogP contribution is 2.12. The number of unbranched alkanes of at least 4 members (excludes halogenated alkanes) is 1. The third-order valence-electron chi connectivity index (χ3n) is 3.11. The molecule has 0 saturated carbocycles. The summed E-state index contributed by atoms with van der Waals surface area (Å²) in [4.78, 5) is 35.1. The second-order valence-corrected chi connectivity index (χ2v) is 4.68. The Hall–Kier alpha value is -2.25. The molecule has 112 valence electrons. The SMILES string of the molecule is CCCCn1c(N)c(NC(C)C(N)=O)c(=O)n(C)c1=O. The van der Waals surface area contributed by atoms with E-state index >= 15 is 0 Å². The van der Waals surface area contributed by atoms with Gasteiger partial charge < -0.3 is 16.8 Å². The molecule has 0 radical (unpaired) electrons. The van der Waals surface area contributed by atoms with Gasteiger partial charge in [-0.05, 0) is 13.3 Å². The number of amides is 1. The number of nitrogens with zero attached hydrogens (tertiary/aromatic N) is 2. The Balaban J connectivity index is 3.37. The Labute approximate surface area is 116 Å². The zero-order chi connectivity index (χ0) is 15.4. The lowest BCUT2D eigenvalue weighted by Crippen LogP contribution is -2.43. The number of carbonyl (C=O) groups is 1. The Bertz CT molecular complexity index is 617. The molecule has 1 rings (SSSR count). The van der Waals surface area contributed by atoms with Gasteiger partial charge in [-0.25, -0.2) is 4.79 Å². The number of anilines is 2. The van der Waals surface area contributed by atoms with Gasteiger partial charge in [0.15, 0.2) is 0 Å². The van der Waals surface area contributed by atoms with Crippen LogP contribution >= 0.6 is 0 Å². The summed E-state index contributed by atoms with van der Waals surface area (Å²) in [5.41, 5.74) is 10.0. The molecule has 1 amide bonds. The van der Waals surface area contributed by atoms with Gasteiger partial charge in [-0.2, -0.15) is 0 Å². The summed E-state index contributed by atoms with van der Waals surface area (Å²) in [7, 11) is 1.37. The third kappa shape index (κ3) is 3.01. The van der Waals surface area contributed by atoms with Crippen molar-refractivity contribution in [3.63, 3.8) is 0 Å². The molecule has 0 aliphatic carbocycles. The number of nitrogens with two attached hydrogens (primary N) is 2. The van der Waals surface area contributed by atoms with Crippen molar-refractivity contribution in [2.24, 2.45) is 12.8 Å². The fourth-order valence-corrected chi connectivity index (χ4v) is 1.74. The van der Waals surface area contributed by atoms with Gasteiger partial charge in [-0.1, -0.05) is 13.3 Å². The van der Waals surface area contributed by atoms with E-state index in [1.165, 1.54) is 18.5 Å². The van der Waals surface area contributed by atoms with E-state index in [2.05, 4.69) is 5.32 Å². The summed E-state index contributed by atoms with van der Waals surface area (Å²) in [6.45, 7) is 3.91. The molecule has 5 N–H and O–H groups in total. The van der Waals surface area contributed by atoms with Gasteiger partial charge in [-0.15, -0.1) is 0 Å². The lowest BCUT2D eigenvalue weighted by molar-refractivity contribution is -0.118. The van der Waals surface area contributed by atoms with E-state index in [4.69, 9.17) is 11.5 Å². The van der Waals surface area contributed by atoms with E-state index in [9.17, 15) is 14.4 Å². The molecule has 1 unspecified atom stereocenters. The van der Waals surface area contributed by atoms with E-state index in [1.807, 2.05) is 6.92 Å². The number of nitrogen functional groups attached to an aromatic ring is 1. The predicted octanol–water partition coefficient (Wildman–Crippen LogP) is -0.785. The molecule has 1 heterocycles. The highest BCUT2D eigenvalue weighted by atomic mass is 16.2.